The summed E-state index contributed by atoms with van der Waals surface area (Å²) in [5, 5.41) is 2.73. The van der Waals surface area contributed by atoms with E-state index in [0.29, 0.717) is 0 Å². The first-order valence-electron chi connectivity index (χ1n) is 4.37. The standard InChI is InChI=1S/C6H12N2O.C2H6/c1-2-7-6(9)8-4-3-5-8;1-2/h2-5H2,1H3,(H,7,9);1-2H3. The number of carbonyl (C=O) groups excluding carboxylic acids is 1. The predicted molar refractivity (Wildman–Crippen MR) is 46.6 cm³/mol. The molecular weight excluding hydrogens is 140 g/mol. The number of nitrogens with one attached hydrogen (secondary N) is 1. The minimum Gasteiger partial charge on any atom is -0.338 e. The smallest absolute Gasteiger partial charge is 0.317 e. The highest BCUT2D eigenvalue weighted by atomic mass is 16.2. The molecule has 0 aliphatic carbocycles. The van der Waals surface area contributed by atoms with Crippen LogP contribution in [-0.2, 0) is 0 Å². The molecule has 0 saturated carbocycles. The van der Waals surface area contributed by atoms with E-state index in [1.807, 2.05) is 25.7 Å². The van der Waals surface area contributed by atoms with Gasteiger partial charge >= 0.3 is 6.03 Å². The van der Waals surface area contributed by atoms with E-state index in [4.69, 9.17) is 0 Å². The Morgan fingerprint density at radius 3 is 2.27 bits per heavy atom. The van der Waals surface area contributed by atoms with Crippen LogP contribution in [0.15, 0.2) is 0 Å². The SMILES string of the molecule is CC.CCNC(=O)N1CCC1. The molecule has 3 heteroatoms. The molecule has 1 fully saturated rings. The molecule has 1 N–H and O–H groups in total. The van der Waals surface area contributed by atoms with Crippen molar-refractivity contribution in [2.45, 2.75) is 27.2 Å². The van der Waals surface area contributed by atoms with Gasteiger partial charge in [-0.3, -0.25) is 0 Å². The summed E-state index contributed by atoms with van der Waals surface area (Å²) in [6.07, 6.45) is 1.16. The summed E-state index contributed by atoms with van der Waals surface area (Å²) in [6, 6.07) is 0.0868. The maximum Gasteiger partial charge on any atom is 0.317 e. The van der Waals surface area contributed by atoms with Crippen LogP contribution >= 0.6 is 0 Å². The summed E-state index contributed by atoms with van der Waals surface area (Å²) in [5.41, 5.74) is 0. The number of carbonyl (C=O) groups is 1. The lowest BCUT2D eigenvalue weighted by Crippen LogP contribution is -2.47. The minimum atomic E-state index is 0.0868. The molecule has 0 unspecified atom stereocenters. The second-order valence-corrected chi connectivity index (χ2v) is 2.18. The fourth-order valence-electron chi connectivity index (χ4n) is 0.782. The van der Waals surface area contributed by atoms with E-state index in [0.717, 1.165) is 26.1 Å². The molecule has 3 nitrogen and oxygen atoms in total. The molecule has 11 heavy (non-hydrogen) atoms. The van der Waals surface area contributed by atoms with Gasteiger partial charge in [0, 0.05) is 19.6 Å². The van der Waals surface area contributed by atoms with Crippen molar-refractivity contribution in [2.24, 2.45) is 0 Å². The van der Waals surface area contributed by atoms with Crippen molar-refractivity contribution in [1.82, 2.24) is 10.2 Å². The summed E-state index contributed by atoms with van der Waals surface area (Å²) >= 11 is 0. The molecule has 1 saturated heterocycles. The average molecular weight is 158 g/mol. The molecule has 1 aliphatic rings. The zero-order chi connectivity index (χ0) is 8.69. The van der Waals surface area contributed by atoms with Crippen molar-refractivity contribution in [2.75, 3.05) is 19.6 Å². The Kier molecular flexibility index (Phi) is 5.61. The lowest BCUT2D eigenvalue weighted by atomic mass is 10.2. The monoisotopic (exact) mass is 158 g/mol. The highest BCUT2D eigenvalue weighted by Crippen LogP contribution is 2.04. The Hall–Kier alpha value is -0.730. The van der Waals surface area contributed by atoms with Crippen LogP contribution in [0.25, 0.3) is 0 Å². The zero-order valence-electron chi connectivity index (χ0n) is 7.68. The predicted octanol–water partition coefficient (Wildman–Crippen LogP) is 1.45. The zero-order valence-corrected chi connectivity index (χ0v) is 7.68. The molecule has 1 heterocycles. The average Bonchev–Trinajstić information content (AvgIpc) is 1.89. The van der Waals surface area contributed by atoms with E-state index in [1.165, 1.54) is 0 Å². The number of amides is 2. The van der Waals surface area contributed by atoms with Crippen molar-refractivity contribution in [3.05, 3.63) is 0 Å². The van der Waals surface area contributed by atoms with Crippen molar-refractivity contribution in [1.29, 1.82) is 0 Å². The molecule has 0 aromatic heterocycles. The lowest BCUT2D eigenvalue weighted by Gasteiger charge is -2.30. The third-order valence-corrected chi connectivity index (χ3v) is 1.47. The molecule has 0 atom stereocenters. The van der Waals surface area contributed by atoms with Crippen molar-refractivity contribution in [3.8, 4) is 0 Å². The minimum absolute atomic E-state index is 0.0868. The maximum absolute atomic E-state index is 10.8. The Morgan fingerprint density at radius 2 is 2.00 bits per heavy atom. The normalized spacial score (nSPS) is 14.3. The van der Waals surface area contributed by atoms with Crippen LogP contribution < -0.4 is 5.32 Å². The van der Waals surface area contributed by atoms with Crippen LogP contribution in [-0.4, -0.2) is 30.6 Å². The fraction of sp³-hybridized carbons (Fsp3) is 0.875. The molecule has 0 aromatic rings. The highest BCUT2D eigenvalue weighted by Gasteiger charge is 2.18. The summed E-state index contributed by atoms with van der Waals surface area (Å²) < 4.78 is 0. The number of nitrogens with zero attached hydrogens (tertiary/aromatic N) is 1. The van der Waals surface area contributed by atoms with Crippen molar-refractivity contribution < 1.29 is 4.79 Å². The van der Waals surface area contributed by atoms with Crippen molar-refractivity contribution >= 4 is 6.03 Å². The largest absolute Gasteiger partial charge is 0.338 e. The first-order valence-corrected chi connectivity index (χ1v) is 4.37. The lowest BCUT2D eigenvalue weighted by molar-refractivity contribution is 0.168. The van der Waals surface area contributed by atoms with Gasteiger partial charge in [-0.2, -0.15) is 0 Å². The van der Waals surface area contributed by atoms with E-state index >= 15 is 0 Å². The van der Waals surface area contributed by atoms with Gasteiger partial charge in [0.2, 0.25) is 0 Å². The number of likely N-dealkylation sites (tertiary alicyclic amines) is 1. The van der Waals surface area contributed by atoms with Gasteiger partial charge in [0.25, 0.3) is 0 Å². The van der Waals surface area contributed by atoms with Gasteiger partial charge < -0.3 is 10.2 Å². The Bertz CT molecular complexity index is 111. The Morgan fingerprint density at radius 1 is 1.45 bits per heavy atom. The molecule has 0 bridgehead atoms. The number of urea groups is 1. The second-order valence-electron chi connectivity index (χ2n) is 2.18. The molecule has 66 valence electrons. The molecular formula is C8H18N2O. The first kappa shape index (κ1) is 10.3. The number of rotatable bonds is 1. The molecule has 1 rings (SSSR count). The van der Waals surface area contributed by atoms with Gasteiger partial charge in [0.1, 0.15) is 0 Å². The van der Waals surface area contributed by atoms with Gasteiger partial charge in [-0.1, -0.05) is 13.8 Å². The van der Waals surface area contributed by atoms with Crippen LogP contribution in [0.3, 0.4) is 0 Å². The maximum atomic E-state index is 10.8. The van der Waals surface area contributed by atoms with E-state index in [9.17, 15) is 4.79 Å². The summed E-state index contributed by atoms with van der Waals surface area (Å²) in [5.74, 6) is 0. The second kappa shape index (κ2) is 6.01. The van der Waals surface area contributed by atoms with Crippen LogP contribution in [0, 0.1) is 0 Å². The fourth-order valence-corrected chi connectivity index (χ4v) is 0.782. The van der Waals surface area contributed by atoms with Crippen LogP contribution in [0.1, 0.15) is 27.2 Å². The van der Waals surface area contributed by atoms with Gasteiger partial charge in [0.05, 0.1) is 0 Å². The topological polar surface area (TPSA) is 32.3 Å². The highest BCUT2D eigenvalue weighted by molar-refractivity contribution is 5.74. The molecule has 0 aromatic carbocycles. The van der Waals surface area contributed by atoms with Crippen LogP contribution in [0.5, 0.6) is 0 Å². The van der Waals surface area contributed by atoms with E-state index in [-0.39, 0.29) is 6.03 Å². The van der Waals surface area contributed by atoms with E-state index in [2.05, 4.69) is 5.32 Å². The third-order valence-electron chi connectivity index (χ3n) is 1.47. The molecule has 0 spiro atoms. The Balaban J connectivity index is 0.000000461. The quantitative estimate of drug-likeness (QED) is 0.615. The summed E-state index contributed by atoms with van der Waals surface area (Å²) in [6.45, 7) is 8.53. The molecule has 1 aliphatic heterocycles. The van der Waals surface area contributed by atoms with Crippen LogP contribution in [0.2, 0.25) is 0 Å². The van der Waals surface area contributed by atoms with Crippen molar-refractivity contribution in [3.63, 3.8) is 0 Å². The number of hydrogen-bond donors (Lipinski definition) is 1. The van der Waals surface area contributed by atoms with Crippen LogP contribution in [0.4, 0.5) is 4.79 Å². The van der Waals surface area contributed by atoms with Gasteiger partial charge in [-0.25, -0.2) is 4.79 Å². The van der Waals surface area contributed by atoms with Gasteiger partial charge in [-0.05, 0) is 13.3 Å². The Labute approximate surface area is 68.8 Å². The molecule has 2 amide bonds. The third kappa shape index (κ3) is 3.25. The summed E-state index contributed by atoms with van der Waals surface area (Å²) in [7, 11) is 0. The van der Waals surface area contributed by atoms with E-state index < -0.39 is 0 Å². The molecule has 0 radical (unpaired) electrons. The first-order chi connectivity index (χ1) is 5.34. The summed E-state index contributed by atoms with van der Waals surface area (Å²) in [4.78, 5) is 12.6. The van der Waals surface area contributed by atoms with E-state index in [1.54, 1.807) is 0 Å². The van der Waals surface area contributed by atoms with Gasteiger partial charge in [-0.15, -0.1) is 0 Å². The number of hydrogen-bond acceptors (Lipinski definition) is 1. The van der Waals surface area contributed by atoms with Gasteiger partial charge in [0.15, 0.2) is 0 Å².